The van der Waals surface area contributed by atoms with E-state index < -0.39 is 0 Å². The molecule has 4 heteroatoms. The molecule has 0 spiro atoms. The molecule has 4 rings (SSSR count). The number of hydrogen-bond donors (Lipinski definition) is 1. The number of nitrogens with zero attached hydrogens (tertiary/aromatic N) is 1. The van der Waals surface area contributed by atoms with E-state index in [4.69, 9.17) is 4.42 Å². The van der Waals surface area contributed by atoms with Crippen molar-refractivity contribution < 1.29 is 9.52 Å². The normalized spacial score (nSPS) is 18.1. The van der Waals surface area contributed by atoms with Crippen LogP contribution in [0.4, 0.5) is 0 Å². The molecular weight excluding hydrogens is 338 g/mol. The number of phenolic OH excluding ortho intramolecular Hbond substituents is 1. The van der Waals surface area contributed by atoms with Gasteiger partial charge in [-0.2, -0.15) is 0 Å². The van der Waals surface area contributed by atoms with Crippen LogP contribution in [0, 0.1) is 6.92 Å². The SMILES string of the molecule is Cc1oc2c(CN3CCCC[C@@H]3C)c(O)ccc2c(=O)c1-c1ccccc1. The summed E-state index contributed by atoms with van der Waals surface area (Å²) in [7, 11) is 0. The molecule has 1 fully saturated rings. The fourth-order valence-electron chi connectivity index (χ4n) is 4.10. The quantitative estimate of drug-likeness (QED) is 0.723. The average molecular weight is 363 g/mol. The summed E-state index contributed by atoms with van der Waals surface area (Å²) in [5.41, 5.74) is 2.61. The highest BCUT2D eigenvalue weighted by atomic mass is 16.3. The third kappa shape index (κ3) is 3.26. The zero-order valence-corrected chi connectivity index (χ0v) is 15.9. The minimum Gasteiger partial charge on any atom is -0.507 e. The summed E-state index contributed by atoms with van der Waals surface area (Å²) >= 11 is 0. The molecule has 2 heterocycles. The van der Waals surface area contributed by atoms with Gasteiger partial charge in [-0.25, -0.2) is 0 Å². The molecule has 0 radical (unpaired) electrons. The van der Waals surface area contributed by atoms with Crippen LogP contribution in [0.5, 0.6) is 5.75 Å². The molecule has 1 atom stereocenters. The smallest absolute Gasteiger partial charge is 0.200 e. The van der Waals surface area contributed by atoms with Gasteiger partial charge in [0.2, 0.25) is 5.43 Å². The Morgan fingerprint density at radius 2 is 1.93 bits per heavy atom. The van der Waals surface area contributed by atoms with Gasteiger partial charge in [0.25, 0.3) is 0 Å². The van der Waals surface area contributed by atoms with Crippen LogP contribution in [-0.4, -0.2) is 22.6 Å². The van der Waals surface area contributed by atoms with Crippen molar-refractivity contribution in [2.24, 2.45) is 0 Å². The number of hydrogen-bond acceptors (Lipinski definition) is 4. The molecule has 0 unspecified atom stereocenters. The van der Waals surface area contributed by atoms with Crippen molar-refractivity contribution in [2.75, 3.05) is 6.54 Å². The Balaban J connectivity index is 1.86. The Kier molecular flexibility index (Phi) is 4.75. The third-order valence-corrected chi connectivity index (χ3v) is 5.68. The highest BCUT2D eigenvalue weighted by Crippen LogP contribution is 2.32. The summed E-state index contributed by atoms with van der Waals surface area (Å²) in [5.74, 6) is 0.771. The summed E-state index contributed by atoms with van der Waals surface area (Å²) in [4.78, 5) is 15.6. The predicted octanol–water partition coefficient (Wildman–Crippen LogP) is 4.85. The van der Waals surface area contributed by atoms with Crippen molar-refractivity contribution in [1.82, 2.24) is 4.90 Å². The van der Waals surface area contributed by atoms with E-state index in [-0.39, 0.29) is 11.2 Å². The number of likely N-dealkylation sites (tertiary alicyclic amines) is 1. The number of phenols is 1. The van der Waals surface area contributed by atoms with Crippen LogP contribution < -0.4 is 5.43 Å². The van der Waals surface area contributed by atoms with Crippen molar-refractivity contribution in [1.29, 1.82) is 0 Å². The maximum Gasteiger partial charge on any atom is 0.200 e. The molecule has 1 aromatic heterocycles. The molecule has 4 nitrogen and oxygen atoms in total. The van der Waals surface area contributed by atoms with Crippen LogP contribution in [0.3, 0.4) is 0 Å². The minimum atomic E-state index is -0.0482. The predicted molar refractivity (Wildman–Crippen MR) is 108 cm³/mol. The fourth-order valence-corrected chi connectivity index (χ4v) is 4.10. The minimum absolute atomic E-state index is 0.0482. The molecule has 1 N–H and O–H groups in total. The molecule has 2 aromatic carbocycles. The van der Waals surface area contributed by atoms with E-state index in [0.29, 0.717) is 40.4 Å². The molecule has 1 aliphatic rings. The first-order chi connectivity index (χ1) is 13.1. The molecule has 1 saturated heterocycles. The number of fused-ring (bicyclic) bond motifs is 1. The number of benzene rings is 2. The van der Waals surface area contributed by atoms with Gasteiger partial charge >= 0.3 is 0 Å². The summed E-state index contributed by atoms with van der Waals surface area (Å²) in [5, 5.41) is 11.0. The maximum atomic E-state index is 13.2. The van der Waals surface area contributed by atoms with Crippen molar-refractivity contribution in [2.45, 2.75) is 45.7 Å². The van der Waals surface area contributed by atoms with Gasteiger partial charge in [0.05, 0.1) is 16.5 Å². The summed E-state index contributed by atoms with van der Waals surface area (Å²) in [6, 6.07) is 13.3. The van der Waals surface area contributed by atoms with E-state index in [0.717, 1.165) is 24.9 Å². The Hall–Kier alpha value is -2.59. The topological polar surface area (TPSA) is 53.7 Å². The van der Waals surface area contributed by atoms with Gasteiger partial charge in [-0.05, 0) is 50.9 Å². The van der Waals surface area contributed by atoms with E-state index in [1.807, 2.05) is 37.3 Å². The number of aryl methyl sites for hydroxylation is 1. The molecule has 140 valence electrons. The van der Waals surface area contributed by atoms with Crippen molar-refractivity contribution in [3.8, 4) is 16.9 Å². The Morgan fingerprint density at radius 3 is 2.67 bits per heavy atom. The molecule has 1 aliphatic heterocycles. The maximum absolute atomic E-state index is 13.2. The lowest BCUT2D eigenvalue weighted by Gasteiger charge is -2.33. The molecule has 0 aliphatic carbocycles. The molecule has 0 saturated carbocycles. The van der Waals surface area contributed by atoms with Crippen molar-refractivity contribution in [3.05, 3.63) is 64.0 Å². The number of piperidine rings is 1. The van der Waals surface area contributed by atoms with E-state index in [1.165, 1.54) is 6.42 Å². The molecule has 0 bridgehead atoms. The standard InChI is InChI=1S/C23H25NO3/c1-15-8-6-7-13-24(15)14-19-20(25)12-11-18-22(26)21(16(2)27-23(18)19)17-9-4-3-5-10-17/h3-5,9-12,15,25H,6-8,13-14H2,1-2H3/t15-/m0/s1. The van der Waals surface area contributed by atoms with E-state index in [9.17, 15) is 9.90 Å². The lowest BCUT2D eigenvalue weighted by Crippen LogP contribution is -2.36. The van der Waals surface area contributed by atoms with Gasteiger partial charge in [0, 0.05) is 12.6 Å². The highest BCUT2D eigenvalue weighted by molar-refractivity contribution is 5.86. The largest absolute Gasteiger partial charge is 0.507 e. The second kappa shape index (κ2) is 7.20. The van der Waals surface area contributed by atoms with E-state index in [2.05, 4.69) is 11.8 Å². The van der Waals surface area contributed by atoms with Crippen LogP contribution in [0.1, 0.15) is 37.5 Å². The van der Waals surface area contributed by atoms with Crippen LogP contribution in [0.2, 0.25) is 0 Å². The van der Waals surface area contributed by atoms with Gasteiger partial charge < -0.3 is 9.52 Å². The van der Waals surface area contributed by atoms with Gasteiger partial charge in [-0.1, -0.05) is 36.8 Å². The molecular formula is C23H25NO3. The second-order valence-electron chi connectivity index (χ2n) is 7.48. The Labute approximate surface area is 159 Å². The first-order valence-electron chi connectivity index (χ1n) is 9.64. The number of rotatable bonds is 3. The average Bonchev–Trinajstić information content (AvgIpc) is 2.66. The van der Waals surface area contributed by atoms with Crippen molar-refractivity contribution in [3.63, 3.8) is 0 Å². The van der Waals surface area contributed by atoms with Crippen LogP contribution in [-0.2, 0) is 6.54 Å². The Morgan fingerprint density at radius 1 is 1.15 bits per heavy atom. The number of aromatic hydroxyl groups is 1. The van der Waals surface area contributed by atoms with Gasteiger partial charge in [-0.15, -0.1) is 0 Å². The molecule has 0 amide bonds. The lowest BCUT2D eigenvalue weighted by atomic mass is 9.99. The summed E-state index contributed by atoms with van der Waals surface area (Å²) in [6.45, 7) is 5.64. The molecule has 3 aromatic rings. The zero-order chi connectivity index (χ0) is 19.0. The summed E-state index contributed by atoms with van der Waals surface area (Å²) < 4.78 is 6.13. The van der Waals surface area contributed by atoms with Gasteiger partial charge in [0.1, 0.15) is 17.1 Å². The first kappa shape index (κ1) is 17.8. The third-order valence-electron chi connectivity index (χ3n) is 5.68. The second-order valence-corrected chi connectivity index (χ2v) is 7.48. The van der Waals surface area contributed by atoms with Crippen LogP contribution in [0.15, 0.2) is 51.7 Å². The molecule has 27 heavy (non-hydrogen) atoms. The fraction of sp³-hybridized carbons (Fsp3) is 0.348. The zero-order valence-electron chi connectivity index (χ0n) is 15.9. The van der Waals surface area contributed by atoms with Gasteiger partial charge in [-0.3, -0.25) is 9.69 Å². The lowest BCUT2D eigenvalue weighted by molar-refractivity contribution is 0.151. The van der Waals surface area contributed by atoms with Crippen molar-refractivity contribution >= 4 is 11.0 Å². The first-order valence-corrected chi connectivity index (χ1v) is 9.64. The summed E-state index contributed by atoms with van der Waals surface area (Å²) in [6.07, 6.45) is 3.57. The van der Waals surface area contributed by atoms with E-state index in [1.54, 1.807) is 12.1 Å². The van der Waals surface area contributed by atoms with Crippen LogP contribution in [0.25, 0.3) is 22.1 Å². The van der Waals surface area contributed by atoms with Gasteiger partial charge in [0.15, 0.2) is 0 Å². The monoisotopic (exact) mass is 363 g/mol. The van der Waals surface area contributed by atoms with Crippen LogP contribution >= 0.6 is 0 Å². The van der Waals surface area contributed by atoms with E-state index >= 15 is 0 Å². The Bertz CT molecular complexity index is 1020. The highest BCUT2D eigenvalue weighted by Gasteiger charge is 2.23.